The van der Waals surface area contributed by atoms with Crippen LogP contribution in [0.5, 0.6) is 0 Å². The second-order valence-corrected chi connectivity index (χ2v) is 7.69. The lowest BCUT2D eigenvalue weighted by atomic mass is 10.0. The zero-order chi connectivity index (χ0) is 19.8. The summed E-state index contributed by atoms with van der Waals surface area (Å²) >= 11 is 0. The van der Waals surface area contributed by atoms with Crippen molar-refractivity contribution in [3.8, 4) is 0 Å². The van der Waals surface area contributed by atoms with Crippen LogP contribution < -0.4 is 9.80 Å². The number of aliphatic imine (C=N–C) groups is 1. The van der Waals surface area contributed by atoms with Gasteiger partial charge in [0.2, 0.25) is 11.8 Å². The molecule has 0 spiro atoms. The van der Waals surface area contributed by atoms with Gasteiger partial charge in [-0.25, -0.2) is 0 Å². The van der Waals surface area contributed by atoms with Crippen molar-refractivity contribution in [2.24, 2.45) is 10.9 Å². The molecule has 0 saturated heterocycles. The van der Waals surface area contributed by atoms with E-state index in [2.05, 4.69) is 0 Å². The van der Waals surface area contributed by atoms with Crippen molar-refractivity contribution in [3.63, 3.8) is 0 Å². The summed E-state index contributed by atoms with van der Waals surface area (Å²) in [6.45, 7) is 4.08. The number of carbonyl (C=O) groups is 2. The predicted molar refractivity (Wildman–Crippen MR) is 113 cm³/mol. The average molecular weight is 375 g/mol. The molecule has 28 heavy (non-hydrogen) atoms. The van der Waals surface area contributed by atoms with Gasteiger partial charge in [-0.05, 0) is 68.5 Å². The Labute approximate surface area is 165 Å². The Morgan fingerprint density at radius 2 is 1.89 bits per heavy atom. The van der Waals surface area contributed by atoms with Crippen LogP contribution in [-0.2, 0) is 9.59 Å². The molecule has 0 radical (unpaired) electrons. The van der Waals surface area contributed by atoms with E-state index in [4.69, 9.17) is 4.99 Å². The number of rotatable bonds is 3. The minimum Gasteiger partial charge on any atom is -0.314 e. The van der Waals surface area contributed by atoms with Gasteiger partial charge in [-0.2, -0.15) is 0 Å². The average Bonchev–Trinajstić information content (AvgIpc) is 3.13. The molecule has 144 valence electrons. The van der Waals surface area contributed by atoms with Crippen LogP contribution in [0.25, 0.3) is 0 Å². The van der Waals surface area contributed by atoms with E-state index in [1.807, 2.05) is 56.3 Å². The number of carbonyl (C=O) groups excluding carboxylic acids is 2. The molecular weight excluding hydrogens is 350 g/mol. The van der Waals surface area contributed by atoms with Gasteiger partial charge in [0, 0.05) is 18.4 Å². The van der Waals surface area contributed by atoms with Crippen molar-refractivity contribution in [2.75, 3.05) is 23.4 Å². The third-order valence-electron chi connectivity index (χ3n) is 5.85. The zero-order valence-corrected chi connectivity index (χ0v) is 16.6. The Bertz CT molecular complexity index is 965. The maximum absolute atomic E-state index is 13.4. The molecule has 0 bridgehead atoms. The fourth-order valence-electron chi connectivity index (χ4n) is 3.98. The van der Waals surface area contributed by atoms with Crippen LogP contribution >= 0.6 is 0 Å². The minimum atomic E-state index is -0.206. The van der Waals surface area contributed by atoms with Crippen molar-refractivity contribution in [1.82, 2.24) is 0 Å². The van der Waals surface area contributed by atoms with Gasteiger partial charge in [0.25, 0.3) is 0 Å². The number of nitrogens with zero attached hydrogens (tertiary/aromatic N) is 3. The van der Waals surface area contributed by atoms with Gasteiger partial charge < -0.3 is 9.80 Å². The van der Waals surface area contributed by atoms with Crippen molar-refractivity contribution < 1.29 is 9.59 Å². The van der Waals surface area contributed by atoms with E-state index in [1.165, 1.54) is 0 Å². The third kappa shape index (κ3) is 3.21. The van der Waals surface area contributed by atoms with Crippen molar-refractivity contribution >= 4 is 34.6 Å². The van der Waals surface area contributed by atoms with Gasteiger partial charge in [0.15, 0.2) is 0 Å². The van der Waals surface area contributed by atoms with Gasteiger partial charge in [0.05, 0.1) is 17.3 Å². The standard InChI is InChI=1S/C23H25N3O2/c1-15-12-20-21(13-16(15)2)26(23(28)18-10-7-11-19(18)24-20)14-22(27)25(3)17-8-5-4-6-9-17/h4-6,8-9,12-13,18H,7,10-11,14H2,1-3H3/t18-/m1/s1. The highest BCUT2D eigenvalue weighted by molar-refractivity contribution is 6.17. The molecule has 2 aromatic carbocycles. The van der Waals surface area contributed by atoms with Crippen LogP contribution in [0, 0.1) is 19.8 Å². The number of anilines is 2. The minimum absolute atomic E-state index is 0.00642. The predicted octanol–water partition coefficient (Wildman–Crippen LogP) is 4.19. The molecule has 5 heteroatoms. The molecule has 0 unspecified atom stereocenters. The van der Waals surface area contributed by atoms with Crippen LogP contribution in [0.4, 0.5) is 17.1 Å². The number of aryl methyl sites for hydroxylation is 2. The number of fused-ring (bicyclic) bond motifs is 2. The van der Waals surface area contributed by atoms with Crippen LogP contribution in [-0.4, -0.2) is 31.1 Å². The van der Waals surface area contributed by atoms with Crippen LogP contribution in [0.3, 0.4) is 0 Å². The Morgan fingerprint density at radius 3 is 2.64 bits per heavy atom. The lowest BCUT2D eigenvalue weighted by Gasteiger charge is -2.27. The highest BCUT2D eigenvalue weighted by Gasteiger charge is 2.37. The van der Waals surface area contributed by atoms with Crippen molar-refractivity contribution in [2.45, 2.75) is 33.1 Å². The summed E-state index contributed by atoms with van der Waals surface area (Å²) in [6, 6.07) is 13.5. The highest BCUT2D eigenvalue weighted by atomic mass is 16.2. The van der Waals surface area contributed by atoms with E-state index >= 15 is 0 Å². The number of hydrogen-bond acceptors (Lipinski definition) is 3. The highest BCUT2D eigenvalue weighted by Crippen LogP contribution is 2.39. The first-order chi connectivity index (χ1) is 13.5. The Kier molecular flexibility index (Phi) is 4.75. The smallest absolute Gasteiger partial charge is 0.246 e. The van der Waals surface area contributed by atoms with E-state index in [0.29, 0.717) is 0 Å². The quantitative estimate of drug-likeness (QED) is 0.808. The molecule has 1 aliphatic carbocycles. The summed E-state index contributed by atoms with van der Waals surface area (Å²) in [4.78, 5) is 34.5. The molecule has 2 aliphatic rings. The fraction of sp³-hybridized carbons (Fsp3) is 0.348. The van der Waals surface area contributed by atoms with Crippen LogP contribution in [0.2, 0.25) is 0 Å². The number of benzene rings is 2. The summed E-state index contributed by atoms with van der Waals surface area (Å²) in [5.74, 6) is -0.332. The molecule has 4 rings (SSSR count). The molecule has 1 atom stereocenters. The van der Waals surface area contributed by atoms with Gasteiger partial charge in [-0.15, -0.1) is 0 Å². The van der Waals surface area contributed by atoms with Gasteiger partial charge >= 0.3 is 0 Å². The summed E-state index contributed by atoms with van der Waals surface area (Å²) < 4.78 is 0. The molecule has 2 amide bonds. The lowest BCUT2D eigenvalue weighted by Crippen LogP contribution is -2.44. The Hall–Kier alpha value is -2.95. The first kappa shape index (κ1) is 18.4. The van der Waals surface area contributed by atoms with Crippen molar-refractivity contribution in [3.05, 3.63) is 53.6 Å². The lowest BCUT2D eigenvalue weighted by molar-refractivity contribution is -0.123. The van der Waals surface area contributed by atoms with E-state index in [9.17, 15) is 9.59 Å². The monoisotopic (exact) mass is 375 g/mol. The molecule has 0 N–H and O–H groups in total. The second-order valence-electron chi connectivity index (χ2n) is 7.69. The molecule has 1 aliphatic heterocycles. The molecule has 0 aromatic heterocycles. The van der Waals surface area contributed by atoms with Gasteiger partial charge in [-0.1, -0.05) is 18.2 Å². The zero-order valence-electron chi connectivity index (χ0n) is 16.6. The molecule has 1 fully saturated rings. The van der Waals surface area contributed by atoms with Gasteiger partial charge in [0.1, 0.15) is 6.54 Å². The SMILES string of the molecule is Cc1cc2c(cc1C)N(CC(=O)N(C)c1ccccc1)C(=O)[C@@H]1CCCC1=N2. The molecule has 2 aromatic rings. The Balaban J connectivity index is 1.71. The first-order valence-electron chi connectivity index (χ1n) is 9.77. The normalized spacial score (nSPS) is 18.2. The fourth-order valence-corrected chi connectivity index (χ4v) is 3.98. The number of likely N-dealkylation sites (N-methyl/N-ethyl adjacent to an activating group) is 1. The molecular formula is C23H25N3O2. The largest absolute Gasteiger partial charge is 0.314 e. The summed E-state index contributed by atoms with van der Waals surface area (Å²) in [5, 5.41) is 0. The molecule has 1 heterocycles. The number of amides is 2. The number of para-hydroxylation sites is 1. The summed E-state index contributed by atoms with van der Waals surface area (Å²) in [5.41, 5.74) is 5.54. The van der Waals surface area contributed by atoms with E-state index in [0.717, 1.165) is 53.2 Å². The third-order valence-corrected chi connectivity index (χ3v) is 5.85. The maximum atomic E-state index is 13.4. The van der Waals surface area contributed by atoms with Crippen LogP contribution in [0.1, 0.15) is 30.4 Å². The van der Waals surface area contributed by atoms with E-state index < -0.39 is 0 Å². The number of hydrogen-bond donors (Lipinski definition) is 0. The maximum Gasteiger partial charge on any atom is 0.246 e. The summed E-state index contributed by atoms with van der Waals surface area (Å²) in [7, 11) is 1.75. The van der Waals surface area contributed by atoms with E-state index in [-0.39, 0.29) is 24.3 Å². The van der Waals surface area contributed by atoms with Gasteiger partial charge in [-0.3, -0.25) is 14.6 Å². The van der Waals surface area contributed by atoms with E-state index in [1.54, 1.807) is 16.8 Å². The summed E-state index contributed by atoms with van der Waals surface area (Å²) in [6.07, 6.45) is 2.64. The molecule has 1 saturated carbocycles. The van der Waals surface area contributed by atoms with Crippen molar-refractivity contribution in [1.29, 1.82) is 0 Å². The van der Waals surface area contributed by atoms with Crippen LogP contribution in [0.15, 0.2) is 47.5 Å². The second kappa shape index (κ2) is 7.23. The topological polar surface area (TPSA) is 53.0 Å². The molecule has 5 nitrogen and oxygen atoms in total. The Morgan fingerprint density at radius 1 is 1.18 bits per heavy atom. The first-order valence-corrected chi connectivity index (χ1v) is 9.77.